The van der Waals surface area contributed by atoms with E-state index in [-0.39, 0.29) is 5.41 Å². The number of rotatable bonds is 1. The number of hydrogen-bond acceptors (Lipinski definition) is 3. The molecular formula is C14H15N3S. The third kappa shape index (κ3) is 1.73. The smallest absolute Gasteiger partial charge is 0.212 e. The molecule has 0 saturated heterocycles. The molecule has 0 saturated carbocycles. The highest BCUT2D eigenvalue weighted by Crippen LogP contribution is 2.33. The Hall–Kier alpha value is -1.68. The van der Waals surface area contributed by atoms with E-state index in [1.165, 1.54) is 5.69 Å². The van der Waals surface area contributed by atoms with Gasteiger partial charge >= 0.3 is 0 Å². The SMILES string of the molecule is CC(C)(C)c1c(-c2ccccc2)nc2scnn12. The summed E-state index contributed by atoms with van der Waals surface area (Å²) in [7, 11) is 0. The maximum atomic E-state index is 4.73. The van der Waals surface area contributed by atoms with Gasteiger partial charge < -0.3 is 0 Å². The van der Waals surface area contributed by atoms with E-state index in [0.29, 0.717) is 0 Å². The first-order valence-corrected chi connectivity index (χ1v) is 6.83. The summed E-state index contributed by atoms with van der Waals surface area (Å²) in [4.78, 5) is 5.69. The van der Waals surface area contributed by atoms with Gasteiger partial charge in [0.1, 0.15) is 5.51 Å². The fraction of sp³-hybridized carbons (Fsp3) is 0.286. The predicted octanol–water partition coefficient (Wildman–Crippen LogP) is 3.76. The van der Waals surface area contributed by atoms with Crippen molar-refractivity contribution in [2.24, 2.45) is 0 Å². The van der Waals surface area contributed by atoms with E-state index >= 15 is 0 Å². The third-order valence-corrected chi connectivity index (χ3v) is 3.58. The number of benzene rings is 1. The molecule has 0 atom stereocenters. The molecule has 0 fully saturated rings. The van der Waals surface area contributed by atoms with Crippen LogP contribution >= 0.6 is 11.3 Å². The summed E-state index contributed by atoms with van der Waals surface area (Å²) in [6, 6.07) is 10.3. The summed E-state index contributed by atoms with van der Waals surface area (Å²) in [5.74, 6) is 0. The summed E-state index contributed by atoms with van der Waals surface area (Å²) in [5, 5.41) is 4.40. The minimum Gasteiger partial charge on any atom is -0.217 e. The average Bonchev–Trinajstić information content (AvgIpc) is 2.87. The first-order chi connectivity index (χ1) is 8.57. The third-order valence-electron chi connectivity index (χ3n) is 2.90. The molecule has 2 heterocycles. The fourth-order valence-corrected chi connectivity index (χ4v) is 2.78. The summed E-state index contributed by atoms with van der Waals surface area (Å²) < 4.78 is 1.97. The minimum absolute atomic E-state index is 0.0126. The predicted molar refractivity (Wildman–Crippen MR) is 75.0 cm³/mol. The standard InChI is InChI=1S/C14H15N3S/c1-14(2,3)12-11(10-7-5-4-6-8-10)16-13-17(12)15-9-18-13/h4-9H,1-3H3. The zero-order valence-corrected chi connectivity index (χ0v) is 11.5. The molecule has 1 aromatic carbocycles. The Morgan fingerprint density at radius 3 is 2.50 bits per heavy atom. The second kappa shape index (κ2) is 3.92. The van der Waals surface area contributed by atoms with Gasteiger partial charge in [-0.15, -0.1) is 0 Å². The highest BCUT2D eigenvalue weighted by atomic mass is 32.1. The second-order valence-corrected chi connectivity index (χ2v) is 6.17. The fourth-order valence-electron chi connectivity index (χ4n) is 2.16. The van der Waals surface area contributed by atoms with Crippen molar-refractivity contribution in [2.75, 3.05) is 0 Å². The molecule has 0 aliphatic carbocycles. The Bertz CT molecular complexity index is 674. The maximum Gasteiger partial charge on any atom is 0.212 e. The lowest BCUT2D eigenvalue weighted by Gasteiger charge is -2.18. The van der Waals surface area contributed by atoms with E-state index in [9.17, 15) is 0 Å². The largest absolute Gasteiger partial charge is 0.217 e. The topological polar surface area (TPSA) is 30.2 Å². The first kappa shape index (κ1) is 11.4. The van der Waals surface area contributed by atoms with Crippen molar-refractivity contribution in [2.45, 2.75) is 26.2 Å². The van der Waals surface area contributed by atoms with Crippen LogP contribution < -0.4 is 0 Å². The number of aromatic nitrogens is 3. The van der Waals surface area contributed by atoms with Gasteiger partial charge in [0.15, 0.2) is 0 Å². The molecule has 0 aliphatic heterocycles. The number of imidazole rings is 1. The van der Waals surface area contributed by atoms with Gasteiger partial charge in [-0.2, -0.15) is 5.10 Å². The molecule has 3 nitrogen and oxygen atoms in total. The Morgan fingerprint density at radius 1 is 1.11 bits per heavy atom. The van der Waals surface area contributed by atoms with Crippen LogP contribution in [0.1, 0.15) is 26.5 Å². The Kier molecular flexibility index (Phi) is 2.48. The normalized spacial score (nSPS) is 12.2. The molecule has 92 valence electrons. The Balaban J connectivity index is 2.32. The summed E-state index contributed by atoms with van der Waals surface area (Å²) >= 11 is 1.57. The molecule has 0 aliphatic rings. The van der Waals surface area contributed by atoms with Crippen LogP contribution in [0, 0.1) is 0 Å². The average molecular weight is 257 g/mol. The van der Waals surface area contributed by atoms with Crippen LogP contribution in [-0.2, 0) is 5.41 Å². The summed E-state index contributed by atoms with van der Waals surface area (Å²) in [5.41, 5.74) is 5.22. The van der Waals surface area contributed by atoms with E-state index in [4.69, 9.17) is 4.98 Å². The molecule has 2 aromatic heterocycles. The van der Waals surface area contributed by atoms with Crippen molar-refractivity contribution < 1.29 is 0 Å². The van der Waals surface area contributed by atoms with Crippen molar-refractivity contribution in [1.82, 2.24) is 14.6 Å². The molecular weight excluding hydrogens is 242 g/mol. The van der Waals surface area contributed by atoms with Crippen molar-refractivity contribution >= 4 is 16.3 Å². The van der Waals surface area contributed by atoms with Crippen LogP contribution in [0.2, 0.25) is 0 Å². The van der Waals surface area contributed by atoms with E-state index in [2.05, 4.69) is 38.0 Å². The van der Waals surface area contributed by atoms with Crippen LogP contribution in [0.5, 0.6) is 0 Å². The van der Waals surface area contributed by atoms with Gasteiger partial charge in [0.05, 0.1) is 11.4 Å². The first-order valence-electron chi connectivity index (χ1n) is 5.95. The maximum absolute atomic E-state index is 4.73. The van der Waals surface area contributed by atoms with Crippen LogP contribution in [0.15, 0.2) is 35.8 Å². The molecule has 4 heteroatoms. The van der Waals surface area contributed by atoms with Crippen molar-refractivity contribution in [3.63, 3.8) is 0 Å². The van der Waals surface area contributed by atoms with Crippen molar-refractivity contribution in [3.8, 4) is 11.3 Å². The Labute approximate surface area is 110 Å². The van der Waals surface area contributed by atoms with Crippen LogP contribution in [0.3, 0.4) is 0 Å². The van der Waals surface area contributed by atoms with Crippen LogP contribution in [0.25, 0.3) is 16.2 Å². The molecule has 3 aromatic rings. The zero-order chi connectivity index (χ0) is 12.8. The van der Waals surface area contributed by atoms with Crippen molar-refractivity contribution in [1.29, 1.82) is 0 Å². The highest BCUT2D eigenvalue weighted by molar-refractivity contribution is 7.14. The van der Waals surface area contributed by atoms with Gasteiger partial charge in [0, 0.05) is 11.0 Å². The van der Waals surface area contributed by atoms with E-state index < -0.39 is 0 Å². The van der Waals surface area contributed by atoms with Gasteiger partial charge in [0.2, 0.25) is 4.96 Å². The molecule has 0 radical (unpaired) electrons. The quantitative estimate of drug-likeness (QED) is 0.664. The number of fused-ring (bicyclic) bond motifs is 1. The van der Waals surface area contributed by atoms with Gasteiger partial charge in [-0.1, -0.05) is 62.4 Å². The monoisotopic (exact) mass is 257 g/mol. The van der Waals surface area contributed by atoms with E-state index in [1.807, 2.05) is 28.2 Å². The molecule has 18 heavy (non-hydrogen) atoms. The van der Waals surface area contributed by atoms with Crippen molar-refractivity contribution in [3.05, 3.63) is 41.5 Å². The molecule has 0 unspecified atom stereocenters. The number of nitrogens with zero attached hydrogens (tertiary/aromatic N) is 3. The van der Waals surface area contributed by atoms with E-state index in [0.717, 1.165) is 16.2 Å². The lowest BCUT2D eigenvalue weighted by molar-refractivity contribution is 0.554. The lowest BCUT2D eigenvalue weighted by atomic mass is 9.89. The summed E-state index contributed by atoms with van der Waals surface area (Å²) in [6.07, 6.45) is 0. The molecule has 0 spiro atoms. The Morgan fingerprint density at radius 2 is 1.83 bits per heavy atom. The van der Waals surface area contributed by atoms with Gasteiger partial charge in [-0.25, -0.2) is 9.50 Å². The van der Waals surface area contributed by atoms with Crippen LogP contribution in [0.4, 0.5) is 0 Å². The zero-order valence-electron chi connectivity index (χ0n) is 10.7. The highest BCUT2D eigenvalue weighted by Gasteiger charge is 2.26. The van der Waals surface area contributed by atoms with Gasteiger partial charge in [-0.05, 0) is 0 Å². The minimum atomic E-state index is 0.0126. The van der Waals surface area contributed by atoms with Gasteiger partial charge in [0.25, 0.3) is 0 Å². The lowest BCUT2D eigenvalue weighted by Crippen LogP contribution is -2.16. The molecule has 3 rings (SSSR count). The van der Waals surface area contributed by atoms with E-state index in [1.54, 1.807) is 11.3 Å². The van der Waals surface area contributed by atoms with Crippen LogP contribution in [-0.4, -0.2) is 14.6 Å². The van der Waals surface area contributed by atoms with Gasteiger partial charge in [-0.3, -0.25) is 0 Å². The molecule has 0 amide bonds. The molecule has 0 N–H and O–H groups in total. The number of hydrogen-bond donors (Lipinski definition) is 0. The molecule has 0 bridgehead atoms. The second-order valence-electron chi connectivity index (χ2n) is 5.36. The summed E-state index contributed by atoms with van der Waals surface area (Å²) in [6.45, 7) is 6.59.